The molecule has 15 heavy (non-hydrogen) atoms. The number of carbonyl (C=O) groups is 2. The molecule has 5 nitrogen and oxygen atoms in total. The molecule has 0 atom stereocenters. The van der Waals surface area contributed by atoms with E-state index >= 15 is 0 Å². The molecular weight excluding hydrogens is 216 g/mol. The molecule has 80 valence electrons. The third kappa shape index (κ3) is 2.76. The Morgan fingerprint density at radius 3 is 2.93 bits per heavy atom. The third-order valence-electron chi connectivity index (χ3n) is 2.08. The van der Waals surface area contributed by atoms with Gasteiger partial charge in [-0.2, -0.15) is 0 Å². The van der Waals surface area contributed by atoms with E-state index in [1.807, 2.05) is 5.38 Å². The molecule has 0 radical (unpaired) electrons. The monoisotopic (exact) mass is 226 g/mol. The zero-order chi connectivity index (χ0) is 10.8. The van der Waals surface area contributed by atoms with Crippen molar-refractivity contribution in [3.8, 4) is 0 Å². The van der Waals surface area contributed by atoms with E-state index in [4.69, 9.17) is 5.11 Å². The van der Waals surface area contributed by atoms with Crippen LogP contribution in [0.4, 0.5) is 5.13 Å². The van der Waals surface area contributed by atoms with Crippen molar-refractivity contribution in [2.45, 2.75) is 25.2 Å². The van der Waals surface area contributed by atoms with E-state index in [0.717, 1.165) is 18.5 Å². The van der Waals surface area contributed by atoms with Crippen molar-refractivity contribution in [1.82, 2.24) is 4.98 Å². The normalized spacial score (nSPS) is 14.9. The molecule has 1 aromatic heterocycles. The molecular formula is C9H10N2O3S. The molecule has 0 unspecified atom stereocenters. The maximum absolute atomic E-state index is 11.1. The highest BCUT2D eigenvalue weighted by atomic mass is 32.1. The van der Waals surface area contributed by atoms with Crippen LogP contribution in [0.5, 0.6) is 0 Å². The standard InChI is InChI=1S/C9H10N2O3S/c12-7(3-8(13)14)11-9-10-6(4-15-9)5-1-2-5/h4-5H,1-3H2,(H,13,14)(H,10,11,12). The zero-order valence-corrected chi connectivity index (χ0v) is 8.71. The van der Waals surface area contributed by atoms with Crippen molar-refractivity contribution in [2.75, 3.05) is 5.32 Å². The molecule has 1 fully saturated rings. The number of carboxylic acid groups (broad SMARTS) is 1. The Bertz CT molecular complexity index is 398. The van der Waals surface area contributed by atoms with E-state index in [-0.39, 0.29) is 0 Å². The molecule has 1 saturated carbocycles. The van der Waals surface area contributed by atoms with Crippen molar-refractivity contribution in [2.24, 2.45) is 0 Å². The van der Waals surface area contributed by atoms with Crippen LogP contribution >= 0.6 is 11.3 Å². The first kappa shape index (κ1) is 10.1. The molecule has 0 saturated heterocycles. The summed E-state index contributed by atoms with van der Waals surface area (Å²) in [5.41, 5.74) is 1.01. The molecule has 0 bridgehead atoms. The van der Waals surface area contributed by atoms with Crippen molar-refractivity contribution in [1.29, 1.82) is 0 Å². The Morgan fingerprint density at radius 2 is 2.33 bits per heavy atom. The van der Waals surface area contributed by atoms with Gasteiger partial charge in [0.25, 0.3) is 0 Å². The molecule has 1 aromatic rings. The summed E-state index contributed by atoms with van der Waals surface area (Å²) < 4.78 is 0. The van der Waals surface area contributed by atoms with Crippen molar-refractivity contribution >= 4 is 28.3 Å². The summed E-state index contributed by atoms with van der Waals surface area (Å²) in [4.78, 5) is 25.6. The van der Waals surface area contributed by atoms with Crippen LogP contribution in [0.15, 0.2) is 5.38 Å². The van der Waals surface area contributed by atoms with Gasteiger partial charge < -0.3 is 10.4 Å². The van der Waals surface area contributed by atoms with Gasteiger partial charge in [0, 0.05) is 11.3 Å². The predicted octanol–water partition coefficient (Wildman–Crippen LogP) is 1.43. The van der Waals surface area contributed by atoms with E-state index in [9.17, 15) is 9.59 Å². The Balaban J connectivity index is 1.92. The van der Waals surface area contributed by atoms with Crippen LogP contribution in [0.3, 0.4) is 0 Å². The Kier molecular flexibility index (Phi) is 2.68. The van der Waals surface area contributed by atoms with Crippen molar-refractivity contribution in [3.63, 3.8) is 0 Å². The Labute approximate surface area is 90.1 Å². The van der Waals surface area contributed by atoms with Gasteiger partial charge in [-0.15, -0.1) is 11.3 Å². The van der Waals surface area contributed by atoms with Crippen molar-refractivity contribution < 1.29 is 14.7 Å². The summed E-state index contributed by atoms with van der Waals surface area (Å²) in [6, 6.07) is 0. The first-order valence-electron chi connectivity index (χ1n) is 4.62. The fraction of sp³-hybridized carbons (Fsp3) is 0.444. The van der Waals surface area contributed by atoms with Crippen LogP contribution in [0.25, 0.3) is 0 Å². The summed E-state index contributed by atoms with van der Waals surface area (Å²) in [7, 11) is 0. The fourth-order valence-corrected chi connectivity index (χ4v) is 2.02. The van der Waals surface area contributed by atoms with E-state index < -0.39 is 18.3 Å². The van der Waals surface area contributed by atoms with Gasteiger partial charge >= 0.3 is 5.97 Å². The first-order valence-corrected chi connectivity index (χ1v) is 5.50. The molecule has 1 aliphatic rings. The minimum Gasteiger partial charge on any atom is -0.481 e. The third-order valence-corrected chi connectivity index (χ3v) is 2.85. The van der Waals surface area contributed by atoms with Gasteiger partial charge in [-0.25, -0.2) is 4.98 Å². The number of aliphatic carboxylic acids is 1. The number of aromatic nitrogens is 1. The van der Waals surface area contributed by atoms with Crippen LogP contribution in [0.2, 0.25) is 0 Å². The lowest BCUT2D eigenvalue weighted by molar-refractivity contribution is -0.139. The summed E-state index contributed by atoms with van der Waals surface area (Å²) in [6.07, 6.45) is 1.80. The lowest BCUT2D eigenvalue weighted by Gasteiger charge is -1.97. The number of nitrogens with zero attached hydrogens (tertiary/aromatic N) is 1. The lowest BCUT2D eigenvalue weighted by atomic mass is 10.3. The number of rotatable bonds is 4. The molecule has 1 heterocycles. The highest BCUT2D eigenvalue weighted by Gasteiger charge is 2.26. The van der Waals surface area contributed by atoms with E-state index in [1.165, 1.54) is 11.3 Å². The Hall–Kier alpha value is -1.43. The maximum atomic E-state index is 11.1. The molecule has 2 rings (SSSR count). The highest BCUT2D eigenvalue weighted by Crippen LogP contribution is 2.40. The molecule has 0 spiro atoms. The number of hydrogen-bond donors (Lipinski definition) is 2. The number of carboxylic acids is 1. The van der Waals surface area contributed by atoms with Gasteiger partial charge in [-0.05, 0) is 12.8 Å². The number of thiazole rings is 1. The lowest BCUT2D eigenvalue weighted by Crippen LogP contribution is -2.15. The zero-order valence-electron chi connectivity index (χ0n) is 7.90. The van der Waals surface area contributed by atoms with Crippen LogP contribution in [-0.4, -0.2) is 22.0 Å². The van der Waals surface area contributed by atoms with Gasteiger partial charge in [0.15, 0.2) is 5.13 Å². The van der Waals surface area contributed by atoms with E-state index in [2.05, 4.69) is 10.3 Å². The van der Waals surface area contributed by atoms with Crippen LogP contribution in [-0.2, 0) is 9.59 Å². The smallest absolute Gasteiger partial charge is 0.312 e. The number of nitrogens with one attached hydrogen (secondary N) is 1. The average Bonchev–Trinajstić information content (AvgIpc) is 2.87. The molecule has 6 heteroatoms. The van der Waals surface area contributed by atoms with Gasteiger partial charge in [0.05, 0.1) is 5.69 Å². The second kappa shape index (κ2) is 3.98. The van der Waals surface area contributed by atoms with Crippen LogP contribution in [0, 0.1) is 0 Å². The molecule has 1 amide bonds. The maximum Gasteiger partial charge on any atom is 0.312 e. The topological polar surface area (TPSA) is 79.3 Å². The highest BCUT2D eigenvalue weighted by molar-refractivity contribution is 7.13. The van der Waals surface area contributed by atoms with Gasteiger partial charge in [-0.3, -0.25) is 9.59 Å². The summed E-state index contributed by atoms with van der Waals surface area (Å²) in [5.74, 6) is -1.11. The minimum atomic E-state index is -1.13. The average molecular weight is 226 g/mol. The summed E-state index contributed by atoms with van der Waals surface area (Å²) in [5, 5.41) is 13.3. The molecule has 0 aliphatic heterocycles. The quantitative estimate of drug-likeness (QED) is 0.761. The number of hydrogen-bond acceptors (Lipinski definition) is 4. The van der Waals surface area contributed by atoms with E-state index in [0.29, 0.717) is 11.0 Å². The van der Waals surface area contributed by atoms with Crippen LogP contribution < -0.4 is 5.32 Å². The fourth-order valence-electron chi connectivity index (χ4n) is 1.21. The number of anilines is 1. The molecule has 2 N–H and O–H groups in total. The largest absolute Gasteiger partial charge is 0.481 e. The predicted molar refractivity (Wildman–Crippen MR) is 55.0 cm³/mol. The van der Waals surface area contributed by atoms with Crippen LogP contribution in [0.1, 0.15) is 30.9 Å². The first-order chi connectivity index (χ1) is 7.15. The van der Waals surface area contributed by atoms with Gasteiger partial charge in [0.1, 0.15) is 6.42 Å². The SMILES string of the molecule is O=C(O)CC(=O)Nc1nc(C2CC2)cs1. The molecule has 1 aliphatic carbocycles. The molecule has 0 aromatic carbocycles. The van der Waals surface area contributed by atoms with Gasteiger partial charge in [-0.1, -0.05) is 0 Å². The van der Waals surface area contributed by atoms with Crippen molar-refractivity contribution in [3.05, 3.63) is 11.1 Å². The Morgan fingerprint density at radius 1 is 1.60 bits per heavy atom. The number of carbonyl (C=O) groups excluding carboxylic acids is 1. The summed E-state index contributed by atoms with van der Waals surface area (Å²) >= 11 is 1.34. The van der Waals surface area contributed by atoms with Gasteiger partial charge in [0.2, 0.25) is 5.91 Å². The number of amides is 1. The minimum absolute atomic E-state index is 0.489. The second-order valence-corrected chi connectivity index (χ2v) is 4.33. The van der Waals surface area contributed by atoms with E-state index in [1.54, 1.807) is 0 Å². The second-order valence-electron chi connectivity index (χ2n) is 3.47. The summed E-state index contributed by atoms with van der Waals surface area (Å²) in [6.45, 7) is 0.